The molecule has 0 amide bonds. The Morgan fingerprint density at radius 2 is 1.61 bits per heavy atom. The van der Waals surface area contributed by atoms with E-state index < -0.39 is 12.1 Å². The summed E-state index contributed by atoms with van der Waals surface area (Å²) in [6, 6.07) is 0. The van der Waals surface area contributed by atoms with Crippen molar-refractivity contribution in [3.8, 4) is 0 Å². The molecule has 8 atom stereocenters. The molecule has 4 fully saturated rings. The molecule has 1 radical (unpaired) electrons. The van der Waals surface area contributed by atoms with Crippen molar-refractivity contribution < 1.29 is 55.7 Å². The molecular formula is C22H36F4OY. The molecule has 2 N–H and O–H groups in total. The molecule has 4 saturated carbocycles. The third-order valence-corrected chi connectivity index (χ3v) is 9.30. The molecule has 0 aromatic rings. The van der Waals surface area contributed by atoms with Gasteiger partial charge in [0.2, 0.25) is 0 Å². The number of hydrogen-bond acceptors (Lipinski definition) is 0. The summed E-state index contributed by atoms with van der Waals surface area (Å²) in [5, 5.41) is 0. The van der Waals surface area contributed by atoms with Gasteiger partial charge in [-0.25, -0.2) is 0 Å². The molecule has 0 heterocycles. The van der Waals surface area contributed by atoms with E-state index >= 15 is 0 Å². The van der Waals surface area contributed by atoms with Crippen molar-refractivity contribution in [3.63, 3.8) is 0 Å². The first-order valence-electron chi connectivity index (χ1n) is 11.0. The zero-order valence-electron chi connectivity index (χ0n) is 17.1. The Kier molecular flexibility index (Phi) is 8.51. The van der Waals surface area contributed by atoms with E-state index in [0.29, 0.717) is 48.3 Å². The predicted molar refractivity (Wildman–Crippen MR) is 99.0 cm³/mol. The Morgan fingerprint density at radius 1 is 0.893 bits per heavy atom. The second-order valence-electron chi connectivity index (χ2n) is 10.1. The van der Waals surface area contributed by atoms with Crippen molar-refractivity contribution >= 4 is 0 Å². The normalized spacial score (nSPS) is 45.1. The maximum atomic E-state index is 13.2. The quantitative estimate of drug-likeness (QED) is 0.421. The maximum Gasteiger partial charge on any atom is 0.391 e. The Hall–Kier alpha value is 0.784. The molecule has 0 aromatic carbocycles. The number of alkyl halides is 4. The summed E-state index contributed by atoms with van der Waals surface area (Å²) in [5.74, 6) is 2.61. The van der Waals surface area contributed by atoms with E-state index in [0.717, 1.165) is 37.5 Å². The van der Waals surface area contributed by atoms with Crippen LogP contribution in [0.5, 0.6) is 0 Å². The zero-order valence-corrected chi connectivity index (χ0v) is 20.0. The van der Waals surface area contributed by atoms with Crippen LogP contribution in [0.3, 0.4) is 0 Å². The van der Waals surface area contributed by atoms with Crippen molar-refractivity contribution in [2.75, 3.05) is 6.67 Å². The molecular weight excluding hydrogens is 445 g/mol. The average Bonchev–Trinajstić information content (AvgIpc) is 2.94. The number of hydrogen-bond donors (Lipinski definition) is 0. The molecule has 7 unspecified atom stereocenters. The summed E-state index contributed by atoms with van der Waals surface area (Å²) in [7, 11) is 0. The van der Waals surface area contributed by atoms with Gasteiger partial charge in [-0.1, -0.05) is 6.92 Å². The molecule has 28 heavy (non-hydrogen) atoms. The summed E-state index contributed by atoms with van der Waals surface area (Å²) < 4.78 is 52.2. The second-order valence-corrected chi connectivity index (χ2v) is 10.1. The molecule has 4 rings (SSSR count). The molecule has 4 aliphatic carbocycles. The van der Waals surface area contributed by atoms with Crippen molar-refractivity contribution in [2.45, 2.75) is 83.7 Å². The van der Waals surface area contributed by atoms with E-state index in [4.69, 9.17) is 0 Å². The van der Waals surface area contributed by atoms with Crippen LogP contribution in [0.1, 0.15) is 77.6 Å². The summed E-state index contributed by atoms with van der Waals surface area (Å²) in [4.78, 5) is 0. The van der Waals surface area contributed by atoms with Gasteiger partial charge in [0.15, 0.2) is 0 Å². The molecule has 1 nitrogen and oxygen atoms in total. The first-order valence-corrected chi connectivity index (χ1v) is 11.0. The van der Waals surface area contributed by atoms with Gasteiger partial charge in [0, 0.05) is 32.7 Å². The number of halogens is 4. The Morgan fingerprint density at radius 3 is 2.29 bits per heavy atom. The molecule has 0 spiro atoms. The van der Waals surface area contributed by atoms with Gasteiger partial charge in [0.1, 0.15) is 0 Å². The molecule has 6 heteroatoms. The van der Waals surface area contributed by atoms with Gasteiger partial charge in [-0.15, -0.1) is 0 Å². The van der Waals surface area contributed by atoms with Gasteiger partial charge in [-0.2, -0.15) is 13.2 Å². The summed E-state index contributed by atoms with van der Waals surface area (Å²) in [5.41, 5.74) is 0.367. The molecule has 0 aliphatic heterocycles. The minimum Gasteiger partial charge on any atom is -0.412 e. The van der Waals surface area contributed by atoms with Crippen LogP contribution in [0.15, 0.2) is 0 Å². The van der Waals surface area contributed by atoms with E-state index in [1.165, 1.54) is 25.7 Å². The van der Waals surface area contributed by atoms with Gasteiger partial charge in [-0.3, -0.25) is 4.39 Å². The van der Waals surface area contributed by atoms with E-state index in [2.05, 4.69) is 6.92 Å². The Balaban J connectivity index is 0.00000140. The van der Waals surface area contributed by atoms with E-state index in [1.807, 2.05) is 0 Å². The third kappa shape index (κ3) is 4.38. The van der Waals surface area contributed by atoms with Crippen LogP contribution in [0, 0.1) is 46.8 Å². The smallest absolute Gasteiger partial charge is 0.391 e. The first kappa shape index (κ1) is 25.0. The average molecular weight is 481 g/mol. The Bertz CT molecular complexity index is 513. The minimum atomic E-state index is -4.00. The van der Waals surface area contributed by atoms with Crippen LogP contribution in [0.25, 0.3) is 0 Å². The van der Waals surface area contributed by atoms with Gasteiger partial charge >= 0.3 is 6.18 Å². The number of rotatable bonds is 3. The predicted octanol–water partition coefficient (Wildman–Crippen LogP) is 6.36. The summed E-state index contributed by atoms with van der Waals surface area (Å²) in [6.07, 6.45) is 6.38. The van der Waals surface area contributed by atoms with Crippen molar-refractivity contribution in [1.82, 2.24) is 0 Å². The zero-order chi connectivity index (χ0) is 18.5. The molecule has 4 aliphatic rings. The topological polar surface area (TPSA) is 31.5 Å². The number of fused-ring (bicyclic) bond motifs is 5. The van der Waals surface area contributed by atoms with Crippen molar-refractivity contribution in [3.05, 3.63) is 0 Å². The second kappa shape index (κ2) is 9.51. The van der Waals surface area contributed by atoms with Crippen LogP contribution in [0.4, 0.5) is 17.6 Å². The van der Waals surface area contributed by atoms with Crippen LogP contribution < -0.4 is 0 Å². The molecule has 0 bridgehead atoms. The van der Waals surface area contributed by atoms with Crippen LogP contribution >= 0.6 is 0 Å². The monoisotopic (exact) mass is 481 g/mol. The molecule has 161 valence electrons. The minimum absolute atomic E-state index is 0. The van der Waals surface area contributed by atoms with Gasteiger partial charge < -0.3 is 5.48 Å². The van der Waals surface area contributed by atoms with Crippen LogP contribution in [-0.2, 0) is 32.7 Å². The third-order valence-electron chi connectivity index (χ3n) is 9.30. The van der Waals surface area contributed by atoms with Gasteiger partial charge in [0.05, 0.1) is 12.6 Å². The largest absolute Gasteiger partial charge is 0.412 e. The maximum absolute atomic E-state index is 13.2. The van der Waals surface area contributed by atoms with E-state index in [1.54, 1.807) is 0 Å². The van der Waals surface area contributed by atoms with Gasteiger partial charge in [-0.05, 0) is 112 Å². The fourth-order valence-electron chi connectivity index (χ4n) is 8.06. The standard InChI is InChI=1S/C22H34F4.H2O.Y/c1-21-11-10-18-17-8-5-16(22(24,25)26)13-14(17)4-7-19(18)20(21)9-6-15(21)3-2-12-23;;/h14-20H,2-13H2,1H3;1H2;/t14?,15?,16?,17?,18?,19?,20?,21-;;/m1../s1. The van der Waals surface area contributed by atoms with Crippen LogP contribution in [-0.4, -0.2) is 18.3 Å². The first-order chi connectivity index (χ1) is 12.3. The van der Waals surface area contributed by atoms with Crippen molar-refractivity contribution in [1.29, 1.82) is 0 Å². The fraction of sp³-hybridized carbons (Fsp3) is 1.00. The molecule has 0 aromatic heterocycles. The van der Waals surface area contributed by atoms with Gasteiger partial charge in [0.25, 0.3) is 0 Å². The summed E-state index contributed by atoms with van der Waals surface area (Å²) in [6.45, 7) is 2.25. The molecule has 0 saturated heterocycles. The SMILES string of the molecule is C[C@]12CCC3C4CCC(C(F)(F)F)CC4CCC3C1CCC2CCCF.O.[Y]. The van der Waals surface area contributed by atoms with Crippen molar-refractivity contribution in [2.24, 2.45) is 46.8 Å². The van der Waals surface area contributed by atoms with Crippen LogP contribution in [0.2, 0.25) is 0 Å². The van der Waals surface area contributed by atoms with E-state index in [9.17, 15) is 17.6 Å². The summed E-state index contributed by atoms with van der Waals surface area (Å²) >= 11 is 0. The Labute approximate surface area is 192 Å². The van der Waals surface area contributed by atoms with E-state index in [-0.39, 0.29) is 44.9 Å². The fourth-order valence-corrected chi connectivity index (χ4v) is 8.06.